The normalized spacial score (nSPS) is 17.4. The van der Waals surface area contributed by atoms with Crippen LogP contribution in [0, 0.1) is 21.8 Å². The van der Waals surface area contributed by atoms with Gasteiger partial charge in [-0.05, 0) is 37.9 Å². The predicted molar refractivity (Wildman–Crippen MR) is 81.0 cm³/mol. The maximum Gasteiger partial charge on any atom is 0.274 e. The monoisotopic (exact) mass is 295 g/mol. The van der Waals surface area contributed by atoms with Gasteiger partial charge in [0.15, 0.2) is 0 Å². The Labute approximate surface area is 124 Å². The highest BCUT2D eigenvalue weighted by atomic mass is 19.1. The highest BCUT2D eigenvalue weighted by Gasteiger charge is 2.14. The molecule has 0 bridgehead atoms. The topological polar surface area (TPSA) is 58.4 Å². The van der Waals surface area contributed by atoms with Crippen molar-refractivity contribution in [1.29, 1.82) is 0 Å². The first kappa shape index (κ1) is 15.7. The number of rotatable bonds is 6. The van der Waals surface area contributed by atoms with Crippen molar-refractivity contribution in [3.05, 3.63) is 34.1 Å². The maximum atomic E-state index is 13.3. The molecule has 0 aromatic heterocycles. The largest absolute Gasteiger partial charge is 0.384 e. The average molecular weight is 295 g/mol. The molecule has 0 saturated carbocycles. The van der Waals surface area contributed by atoms with Crippen LogP contribution in [0.2, 0.25) is 0 Å². The predicted octanol–water partition coefficient (Wildman–Crippen LogP) is 3.27. The summed E-state index contributed by atoms with van der Waals surface area (Å²) in [6, 6.07) is 3.60. The van der Waals surface area contributed by atoms with E-state index in [1.165, 1.54) is 31.4 Å². The van der Waals surface area contributed by atoms with Crippen molar-refractivity contribution in [1.82, 2.24) is 4.90 Å². The fourth-order valence-electron chi connectivity index (χ4n) is 2.72. The van der Waals surface area contributed by atoms with Crippen molar-refractivity contribution in [2.75, 3.05) is 31.5 Å². The van der Waals surface area contributed by atoms with Crippen LogP contribution in [0.1, 0.15) is 26.2 Å². The molecule has 5 nitrogen and oxygen atoms in total. The molecule has 21 heavy (non-hydrogen) atoms. The van der Waals surface area contributed by atoms with Gasteiger partial charge in [-0.25, -0.2) is 4.39 Å². The molecule has 6 heteroatoms. The second-order valence-corrected chi connectivity index (χ2v) is 5.80. The van der Waals surface area contributed by atoms with Gasteiger partial charge < -0.3 is 10.2 Å². The molecule has 1 aromatic carbocycles. The van der Waals surface area contributed by atoms with Crippen molar-refractivity contribution in [3.8, 4) is 0 Å². The molecule has 0 spiro atoms. The number of anilines is 1. The minimum atomic E-state index is -0.588. The van der Waals surface area contributed by atoms with Gasteiger partial charge in [-0.3, -0.25) is 10.1 Å². The van der Waals surface area contributed by atoms with Crippen molar-refractivity contribution in [3.63, 3.8) is 0 Å². The summed E-state index contributed by atoms with van der Waals surface area (Å²) >= 11 is 0. The average Bonchev–Trinajstić information content (AvgIpc) is 2.45. The van der Waals surface area contributed by atoms with Gasteiger partial charge in [-0.2, -0.15) is 0 Å². The first-order chi connectivity index (χ1) is 10.0. The SMILES string of the molecule is CC(CNc1cc(F)cc([N+](=O)[O-])c1)CN1CCCCC1. The zero-order valence-electron chi connectivity index (χ0n) is 12.3. The Morgan fingerprint density at radius 3 is 2.71 bits per heavy atom. The van der Waals surface area contributed by atoms with Gasteiger partial charge in [-0.1, -0.05) is 13.3 Å². The quantitative estimate of drug-likeness (QED) is 0.646. The molecule has 2 rings (SSSR count). The number of non-ortho nitro benzene ring substituents is 1. The highest BCUT2D eigenvalue weighted by molar-refractivity contribution is 5.51. The summed E-state index contributed by atoms with van der Waals surface area (Å²) < 4.78 is 13.3. The van der Waals surface area contributed by atoms with Gasteiger partial charge in [0.1, 0.15) is 5.82 Å². The van der Waals surface area contributed by atoms with Crippen molar-refractivity contribution in [2.45, 2.75) is 26.2 Å². The van der Waals surface area contributed by atoms with Crippen LogP contribution in [0.5, 0.6) is 0 Å². The molecule has 1 unspecified atom stereocenters. The number of nitro benzene ring substituents is 1. The minimum Gasteiger partial charge on any atom is -0.384 e. The van der Waals surface area contributed by atoms with E-state index in [4.69, 9.17) is 0 Å². The number of hydrogen-bond donors (Lipinski definition) is 1. The standard InChI is InChI=1S/C15H22FN3O2/c1-12(11-18-5-3-2-4-6-18)10-17-14-7-13(16)8-15(9-14)19(20)21/h7-9,12,17H,2-6,10-11H2,1H3. The Morgan fingerprint density at radius 2 is 2.05 bits per heavy atom. The number of nitrogens with one attached hydrogen (secondary N) is 1. The third-order valence-corrected chi connectivity index (χ3v) is 3.77. The minimum absolute atomic E-state index is 0.221. The number of nitrogens with zero attached hydrogens (tertiary/aromatic N) is 2. The molecule has 1 aliphatic heterocycles. The van der Waals surface area contributed by atoms with E-state index in [-0.39, 0.29) is 5.69 Å². The van der Waals surface area contributed by atoms with Crippen LogP contribution in [0.4, 0.5) is 15.8 Å². The Balaban J connectivity index is 1.85. The fraction of sp³-hybridized carbons (Fsp3) is 0.600. The Bertz CT molecular complexity index is 490. The molecule has 1 heterocycles. The van der Waals surface area contributed by atoms with Gasteiger partial charge in [0.25, 0.3) is 5.69 Å². The van der Waals surface area contributed by atoms with Crippen LogP contribution >= 0.6 is 0 Å². The van der Waals surface area contributed by atoms with Crippen LogP contribution < -0.4 is 5.32 Å². The van der Waals surface area contributed by atoms with Crippen LogP contribution in [0.25, 0.3) is 0 Å². The highest BCUT2D eigenvalue weighted by Crippen LogP contribution is 2.20. The number of benzene rings is 1. The van der Waals surface area contributed by atoms with E-state index < -0.39 is 10.7 Å². The second kappa shape index (κ2) is 7.36. The van der Waals surface area contributed by atoms with Crippen molar-refractivity contribution < 1.29 is 9.31 Å². The van der Waals surface area contributed by atoms with Gasteiger partial charge in [0, 0.05) is 24.8 Å². The van der Waals surface area contributed by atoms with Gasteiger partial charge >= 0.3 is 0 Å². The Morgan fingerprint density at radius 1 is 1.33 bits per heavy atom. The molecule has 1 aliphatic rings. The third-order valence-electron chi connectivity index (χ3n) is 3.77. The lowest BCUT2D eigenvalue weighted by Crippen LogP contribution is -2.35. The first-order valence-electron chi connectivity index (χ1n) is 7.46. The Hall–Kier alpha value is -1.69. The molecule has 1 saturated heterocycles. The summed E-state index contributed by atoms with van der Waals surface area (Å²) in [5.74, 6) is -0.180. The van der Waals surface area contributed by atoms with E-state index in [1.807, 2.05) is 0 Å². The van der Waals surface area contributed by atoms with Gasteiger partial charge in [0.05, 0.1) is 11.0 Å². The van der Waals surface area contributed by atoms with Gasteiger partial charge in [-0.15, -0.1) is 0 Å². The van der Waals surface area contributed by atoms with Crippen LogP contribution in [0.15, 0.2) is 18.2 Å². The zero-order chi connectivity index (χ0) is 15.2. The van der Waals surface area contributed by atoms with E-state index in [2.05, 4.69) is 17.1 Å². The molecule has 1 fully saturated rings. The number of halogens is 1. The smallest absolute Gasteiger partial charge is 0.274 e. The molecular weight excluding hydrogens is 273 g/mol. The Kier molecular flexibility index (Phi) is 5.50. The number of hydrogen-bond acceptors (Lipinski definition) is 4. The molecule has 1 atom stereocenters. The van der Waals surface area contributed by atoms with E-state index in [0.29, 0.717) is 18.2 Å². The lowest BCUT2D eigenvalue weighted by Gasteiger charge is -2.29. The van der Waals surface area contributed by atoms with E-state index >= 15 is 0 Å². The molecule has 0 radical (unpaired) electrons. The molecule has 1 aromatic rings. The van der Waals surface area contributed by atoms with Crippen LogP contribution in [0.3, 0.4) is 0 Å². The summed E-state index contributed by atoms with van der Waals surface area (Å²) in [6.07, 6.45) is 3.84. The lowest BCUT2D eigenvalue weighted by molar-refractivity contribution is -0.385. The summed E-state index contributed by atoms with van der Waals surface area (Å²) in [4.78, 5) is 12.6. The molecule has 1 N–H and O–H groups in total. The number of nitro groups is 1. The maximum absolute atomic E-state index is 13.3. The zero-order valence-corrected chi connectivity index (χ0v) is 12.3. The summed E-state index contributed by atoms with van der Waals surface area (Å²) in [7, 11) is 0. The van der Waals surface area contributed by atoms with Crippen LogP contribution in [-0.2, 0) is 0 Å². The van der Waals surface area contributed by atoms with E-state index in [0.717, 1.165) is 25.7 Å². The molecule has 0 aliphatic carbocycles. The molecule has 116 valence electrons. The van der Waals surface area contributed by atoms with Gasteiger partial charge in [0.2, 0.25) is 0 Å². The second-order valence-electron chi connectivity index (χ2n) is 5.80. The van der Waals surface area contributed by atoms with Crippen LogP contribution in [-0.4, -0.2) is 36.0 Å². The first-order valence-corrected chi connectivity index (χ1v) is 7.46. The van der Waals surface area contributed by atoms with Crippen molar-refractivity contribution in [2.24, 2.45) is 5.92 Å². The number of piperidine rings is 1. The number of likely N-dealkylation sites (tertiary alicyclic amines) is 1. The van der Waals surface area contributed by atoms with E-state index in [9.17, 15) is 14.5 Å². The third kappa shape index (κ3) is 4.97. The lowest BCUT2D eigenvalue weighted by atomic mass is 10.1. The van der Waals surface area contributed by atoms with Crippen molar-refractivity contribution >= 4 is 11.4 Å². The summed E-state index contributed by atoms with van der Waals surface area (Å²) in [5.41, 5.74) is 0.244. The molecule has 0 amide bonds. The molecular formula is C15H22FN3O2. The fourth-order valence-corrected chi connectivity index (χ4v) is 2.72. The summed E-state index contributed by atoms with van der Waals surface area (Å²) in [5, 5.41) is 13.8. The van der Waals surface area contributed by atoms with E-state index in [1.54, 1.807) is 0 Å². The summed E-state index contributed by atoms with van der Waals surface area (Å²) in [6.45, 7) is 6.11.